The first-order chi connectivity index (χ1) is 19.4. The molecular formula is C34H23BN4. The Bertz CT molecular complexity index is 1600. The van der Waals surface area contributed by atoms with Crippen molar-refractivity contribution in [3.63, 3.8) is 0 Å². The summed E-state index contributed by atoms with van der Waals surface area (Å²) in [6, 6.07) is 36.7. The highest BCUT2D eigenvalue weighted by molar-refractivity contribution is 6.96. The molecule has 3 aromatic carbocycles. The molecule has 1 spiro atoms. The smallest absolute Gasteiger partial charge is 0.242 e. The molecule has 0 saturated heterocycles. The van der Waals surface area contributed by atoms with E-state index in [0.717, 1.165) is 28.2 Å². The average molecular weight is 498 g/mol. The maximum absolute atomic E-state index is 4.72. The normalized spacial score (nSPS) is 14.3. The molecule has 6 aromatic rings. The third-order valence-corrected chi connectivity index (χ3v) is 8.28. The van der Waals surface area contributed by atoms with Crippen molar-refractivity contribution in [1.82, 2.24) is 15.0 Å². The van der Waals surface area contributed by atoms with Gasteiger partial charge in [0, 0.05) is 54.0 Å². The molecule has 5 heterocycles. The number of aromatic nitrogens is 3. The van der Waals surface area contributed by atoms with Gasteiger partial charge in [0.05, 0.1) is 16.8 Å². The van der Waals surface area contributed by atoms with E-state index >= 15 is 0 Å². The van der Waals surface area contributed by atoms with Crippen LogP contribution in [0.2, 0.25) is 0 Å². The molecular weight excluding hydrogens is 475 g/mol. The van der Waals surface area contributed by atoms with E-state index in [4.69, 9.17) is 15.0 Å². The topological polar surface area (TPSA) is 41.9 Å². The highest BCUT2D eigenvalue weighted by Crippen LogP contribution is 2.57. The van der Waals surface area contributed by atoms with Gasteiger partial charge < -0.3 is 4.90 Å². The van der Waals surface area contributed by atoms with Crippen LogP contribution in [0.1, 0.15) is 22.3 Å². The van der Waals surface area contributed by atoms with Gasteiger partial charge in [0.15, 0.2) is 0 Å². The molecule has 0 radical (unpaired) electrons. The number of nitrogens with zero attached hydrogens (tertiary/aromatic N) is 4. The summed E-state index contributed by atoms with van der Waals surface area (Å²) in [7, 11) is 0. The van der Waals surface area contributed by atoms with E-state index in [0.29, 0.717) is 0 Å². The number of hydrogen-bond acceptors (Lipinski definition) is 4. The summed E-state index contributed by atoms with van der Waals surface area (Å²) in [4.78, 5) is 16.5. The molecule has 0 fully saturated rings. The van der Waals surface area contributed by atoms with Crippen molar-refractivity contribution in [3.05, 3.63) is 163 Å². The molecule has 0 bridgehead atoms. The zero-order chi connectivity index (χ0) is 25.8. The summed E-state index contributed by atoms with van der Waals surface area (Å²) in [5.74, 6) is 0. The molecule has 8 rings (SSSR count). The molecule has 0 amide bonds. The number of pyridine rings is 3. The maximum atomic E-state index is 4.72. The highest BCUT2D eigenvalue weighted by Gasteiger charge is 2.53. The van der Waals surface area contributed by atoms with Crippen molar-refractivity contribution >= 4 is 40.2 Å². The van der Waals surface area contributed by atoms with Crippen LogP contribution < -0.4 is 21.3 Å². The quantitative estimate of drug-likeness (QED) is 0.319. The summed E-state index contributed by atoms with van der Waals surface area (Å²) < 4.78 is 0. The van der Waals surface area contributed by atoms with Crippen LogP contribution in [0.25, 0.3) is 0 Å². The molecule has 0 unspecified atom stereocenters. The second kappa shape index (κ2) is 8.50. The van der Waals surface area contributed by atoms with Crippen LogP contribution >= 0.6 is 0 Å². The summed E-state index contributed by atoms with van der Waals surface area (Å²) >= 11 is 0. The Balaban J connectivity index is 1.53. The molecule has 0 saturated carbocycles. The minimum atomic E-state index is -0.621. The lowest BCUT2D eigenvalue weighted by Crippen LogP contribution is -2.62. The number of fused-ring (bicyclic) bond motifs is 8. The Morgan fingerprint density at radius 1 is 0.487 bits per heavy atom. The lowest BCUT2D eigenvalue weighted by molar-refractivity contribution is 0.722. The Morgan fingerprint density at radius 3 is 1.72 bits per heavy atom. The van der Waals surface area contributed by atoms with Crippen LogP contribution in [0.5, 0.6) is 0 Å². The monoisotopic (exact) mass is 498 g/mol. The molecule has 0 N–H and O–H groups in total. The summed E-state index contributed by atoms with van der Waals surface area (Å²) in [5, 5.41) is 0. The highest BCUT2D eigenvalue weighted by atomic mass is 15.2. The fourth-order valence-electron chi connectivity index (χ4n) is 6.83. The van der Waals surface area contributed by atoms with Crippen molar-refractivity contribution in [2.45, 2.75) is 5.41 Å². The van der Waals surface area contributed by atoms with Gasteiger partial charge in [-0.25, -0.2) is 0 Å². The van der Waals surface area contributed by atoms with E-state index in [2.05, 4.69) is 114 Å². The SMILES string of the molecule is c1ccc(B2c3ccccc3C3(c4cnccc42)c2cnccc2N(c2ccccc2)c2ccncc23)cc1. The second-order valence-corrected chi connectivity index (χ2v) is 10.1. The van der Waals surface area contributed by atoms with Gasteiger partial charge in [0.25, 0.3) is 0 Å². The van der Waals surface area contributed by atoms with Gasteiger partial charge in [0.1, 0.15) is 0 Å². The molecule has 5 heteroatoms. The van der Waals surface area contributed by atoms with Crippen LogP contribution in [-0.4, -0.2) is 21.7 Å². The third-order valence-electron chi connectivity index (χ3n) is 8.28. The second-order valence-electron chi connectivity index (χ2n) is 10.1. The number of anilines is 3. The molecule has 182 valence electrons. The molecule has 3 aromatic heterocycles. The number of hydrogen-bond donors (Lipinski definition) is 0. The van der Waals surface area contributed by atoms with E-state index in [1.165, 1.54) is 27.5 Å². The largest absolute Gasteiger partial charge is 0.310 e. The summed E-state index contributed by atoms with van der Waals surface area (Å²) in [5.41, 5.74) is 11.2. The van der Waals surface area contributed by atoms with Crippen molar-refractivity contribution in [2.75, 3.05) is 4.90 Å². The fourth-order valence-corrected chi connectivity index (χ4v) is 6.83. The summed E-state index contributed by atoms with van der Waals surface area (Å²) in [6.45, 7) is 0.0958. The van der Waals surface area contributed by atoms with Gasteiger partial charge in [-0.15, -0.1) is 0 Å². The zero-order valence-electron chi connectivity index (χ0n) is 21.1. The van der Waals surface area contributed by atoms with Gasteiger partial charge >= 0.3 is 0 Å². The van der Waals surface area contributed by atoms with Crippen LogP contribution in [0.15, 0.2) is 140 Å². The van der Waals surface area contributed by atoms with E-state index in [1.807, 2.05) is 31.0 Å². The van der Waals surface area contributed by atoms with E-state index in [-0.39, 0.29) is 6.71 Å². The Kier molecular flexibility index (Phi) is 4.80. The van der Waals surface area contributed by atoms with E-state index in [1.54, 1.807) is 0 Å². The minimum absolute atomic E-state index is 0.0958. The number of benzene rings is 3. The van der Waals surface area contributed by atoms with Gasteiger partial charge in [-0.05, 0) is 41.5 Å². The van der Waals surface area contributed by atoms with Crippen molar-refractivity contribution in [2.24, 2.45) is 0 Å². The Morgan fingerprint density at radius 2 is 1.03 bits per heavy atom. The van der Waals surface area contributed by atoms with E-state index < -0.39 is 5.41 Å². The van der Waals surface area contributed by atoms with Gasteiger partial charge in [-0.3, -0.25) is 15.0 Å². The average Bonchev–Trinajstić information content (AvgIpc) is 3.02. The standard InChI is InChI=1S/C34H23BN4/c1-3-9-24(10-4-1)35-30-14-8-7-13-26(30)34(27-21-36-18-15-31(27)35)28-22-37-19-16-32(28)39(25-11-5-2-6-12-25)33-17-20-38-23-29(33)34/h1-23H. The first-order valence-corrected chi connectivity index (χ1v) is 13.2. The predicted octanol–water partition coefficient (Wildman–Crippen LogP) is 4.87. The molecule has 0 aliphatic carbocycles. The number of rotatable bonds is 2. The van der Waals surface area contributed by atoms with Crippen LogP contribution in [0.3, 0.4) is 0 Å². The van der Waals surface area contributed by atoms with Crippen molar-refractivity contribution in [1.29, 1.82) is 0 Å². The van der Waals surface area contributed by atoms with Gasteiger partial charge in [-0.2, -0.15) is 0 Å². The first kappa shape index (κ1) is 22.0. The van der Waals surface area contributed by atoms with E-state index in [9.17, 15) is 0 Å². The Hall–Kier alpha value is -5.03. The molecule has 39 heavy (non-hydrogen) atoms. The minimum Gasteiger partial charge on any atom is -0.310 e. The van der Waals surface area contributed by atoms with Crippen LogP contribution in [0, 0.1) is 0 Å². The summed E-state index contributed by atoms with van der Waals surface area (Å²) in [6.07, 6.45) is 11.8. The molecule has 2 aliphatic heterocycles. The molecule has 4 nitrogen and oxygen atoms in total. The van der Waals surface area contributed by atoms with Crippen LogP contribution in [-0.2, 0) is 5.41 Å². The lowest BCUT2D eigenvalue weighted by atomic mass is 9.30. The van der Waals surface area contributed by atoms with Gasteiger partial charge in [0.2, 0.25) is 6.71 Å². The van der Waals surface area contributed by atoms with Gasteiger partial charge in [-0.1, -0.05) is 89.2 Å². The lowest BCUT2D eigenvalue weighted by Gasteiger charge is -2.49. The van der Waals surface area contributed by atoms with Crippen molar-refractivity contribution in [3.8, 4) is 0 Å². The maximum Gasteiger partial charge on any atom is 0.242 e. The zero-order valence-corrected chi connectivity index (χ0v) is 21.1. The third kappa shape index (κ3) is 2.98. The predicted molar refractivity (Wildman–Crippen MR) is 157 cm³/mol. The first-order valence-electron chi connectivity index (χ1n) is 13.2. The number of para-hydroxylation sites is 1. The molecule has 2 aliphatic rings. The Labute approximate surface area is 227 Å². The fraction of sp³-hybridized carbons (Fsp3) is 0.0294. The van der Waals surface area contributed by atoms with Crippen LogP contribution in [0.4, 0.5) is 17.1 Å². The van der Waals surface area contributed by atoms with Crippen molar-refractivity contribution < 1.29 is 0 Å². The molecule has 0 atom stereocenters.